The summed E-state index contributed by atoms with van der Waals surface area (Å²) in [6.07, 6.45) is 7.75. The first kappa shape index (κ1) is 15.4. The average molecular weight is 347 g/mol. The van der Waals surface area contributed by atoms with Crippen molar-refractivity contribution in [1.29, 1.82) is 0 Å². The molecule has 0 radical (unpaired) electrons. The highest BCUT2D eigenvalue weighted by molar-refractivity contribution is 5.61. The van der Waals surface area contributed by atoms with Gasteiger partial charge in [-0.2, -0.15) is 0 Å². The summed E-state index contributed by atoms with van der Waals surface area (Å²) in [6.45, 7) is 4.72. The van der Waals surface area contributed by atoms with Crippen molar-refractivity contribution < 1.29 is 0 Å². The van der Waals surface area contributed by atoms with Crippen LogP contribution in [0.4, 0.5) is 5.82 Å². The predicted molar refractivity (Wildman–Crippen MR) is 97.7 cm³/mol. The second kappa shape index (κ2) is 6.16. The highest BCUT2D eigenvalue weighted by Crippen LogP contribution is 2.32. The molecule has 0 atom stereocenters. The van der Waals surface area contributed by atoms with E-state index < -0.39 is 0 Å². The molecule has 7 nitrogen and oxygen atoms in total. The van der Waals surface area contributed by atoms with Crippen LogP contribution in [0.25, 0.3) is 11.4 Å². The normalized spacial score (nSPS) is 15.8. The summed E-state index contributed by atoms with van der Waals surface area (Å²) in [5, 5.41) is 8.73. The number of nitrogens with zero attached hydrogens (tertiary/aromatic N) is 7. The van der Waals surface area contributed by atoms with E-state index in [0.29, 0.717) is 0 Å². The molecule has 0 aromatic carbocycles. The third-order valence-corrected chi connectivity index (χ3v) is 5.30. The van der Waals surface area contributed by atoms with E-state index >= 15 is 0 Å². The van der Waals surface area contributed by atoms with Crippen LogP contribution in [0.15, 0.2) is 24.5 Å². The molecule has 3 aromatic heterocycles. The predicted octanol–water partition coefficient (Wildman–Crippen LogP) is 2.20. The fourth-order valence-electron chi connectivity index (χ4n) is 3.96. The fourth-order valence-corrected chi connectivity index (χ4v) is 3.96. The van der Waals surface area contributed by atoms with Crippen LogP contribution in [-0.4, -0.2) is 36.3 Å². The number of anilines is 1. The number of pyridine rings is 1. The molecule has 0 N–H and O–H groups in total. The number of rotatable bonds is 3. The molecule has 0 saturated carbocycles. The van der Waals surface area contributed by atoms with Gasteiger partial charge >= 0.3 is 0 Å². The number of aryl methyl sites for hydroxylation is 2. The highest BCUT2D eigenvalue weighted by Gasteiger charge is 2.27. The van der Waals surface area contributed by atoms with E-state index in [9.17, 15) is 0 Å². The summed E-state index contributed by atoms with van der Waals surface area (Å²) in [4.78, 5) is 16.3. The van der Waals surface area contributed by atoms with E-state index in [0.717, 1.165) is 74.2 Å². The summed E-state index contributed by atoms with van der Waals surface area (Å²) < 4.78 is 2.25. The van der Waals surface area contributed by atoms with Gasteiger partial charge in [-0.05, 0) is 31.4 Å². The third kappa shape index (κ3) is 2.46. The standard InChI is InChI=1S/C19H21N7/c1-2-16-23-24-17-12-25(10-11-26(16)17)19-14-4-3-5-15(14)21-18(22-19)13-6-8-20-9-7-13/h6-9H,2-5,10-12H2,1H3. The molecule has 2 aliphatic rings. The van der Waals surface area contributed by atoms with Crippen LogP contribution in [0.2, 0.25) is 0 Å². The Kier molecular flexibility index (Phi) is 3.65. The lowest BCUT2D eigenvalue weighted by atomic mass is 10.2. The van der Waals surface area contributed by atoms with Gasteiger partial charge in [-0.3, -0.25) is 4.98 Å². The van der Waals surface area contributed by atoms with E-state index in [4.69, 9.17) is 9.97 Å². The number of hydrogen-bond acceptors (Lipinski definition) is 6. The summed E-state index contributed by atoms with van der Waals surface area (Å²) in [5.74, 6) is 3.98. The summed E-state index contributed by atoms with van der Waals surface area (Å²) in [6, 6.07) is 3.95. The van der Waals surface area contributed by atoms with Crippen LogP contribution in [0, 0.1) is 0 Å². The van der Waals surface area contributed by atoms with E-state index in [1.807, 2.05) is 12.1 Å². The zero-order chi connectivity index (χ0) is 17.5. The molecule has 0 unspecified atom stereocenters. The van der Waals surface area contributed by atoms with Crippen LogP contribution in [0.5, 0.6) is 0 Å². The molecule has 0 spiro atoms. The monoisotopic (exact) mass is 347 g/mol. The molecule has 5 rings (SSSR count). The molecule has 0 bridgehead atoms. The van der Waals surface area contributed by atoms with Crippen molar-refractivity contribution in [2.24, 2.45) is 0 Å². The lowest BCUT2D eigenvalue weighted by Gasteiger charge is -2.30. The third-order valence-electron chi connectivity index (χ3n) is 5.30. The first-order valence-corrected chi connectivity index (χ1v) is 9.29. The zero-order valence-electron chi connectivity index (χ0n) is 14.9. The second-order valence-electron chi connectivity index (χ2n) is 6.84. The van der Waals surface area contributed by atoms with Crippen LogP contribution in [0.3, 0.4) is 0 Å². The van der Waals surface area contributed by atoms with Crippen LogP contribution in [-0.2, 0) is 32.4 Å². The molecule has 1 aliphatic heterocycles. The molecule has 3 aromatic rings. The minimum atomic E-state index is 0.756. The Morgan fingerprint density at radius 1 is 1.04 bits per heavy atom. The van der Waals surface area contributed by atoms with Crippen molar-refractivity contribution in [3.05, 3.63) is 47.4 Å². The first-order chi connectivity index (χ1) is 12.8. The Balaban J connectivity index is 1.56. The maximum Gasteiger partial charge on any atom is 0.161 e. The van der Waals surface area contributed by atoms with E-state index in [2.05, 4.69) is 31.6 Å². The van der Waals surface area contributed by atoms with Crippen molar-refractivity contribution in [3.8, 4) is 11.4 Å². The van der Waals surface area contributed by atoms with Gasteiger partial charge in [-0.15, -0.1) is 10.2 Å². The number of aromatic nitrogens is 6. The van der Waals surface area contributed by atoms with Crippen molar-refractivity contribution >= 4 is 5.82 Å². The molecular formula is C19H21N7. The highest BCUT2D eigenvalue weighted by atomic mass is 15.4. The molecule has 7 heteroatoms. The van der Waals surface area contributed by atoms with Gasteiger partial charge in [0.25, 0.3) is 0 Å². The van der Waals surface area contributed by atoms with E-state index in [1.54, 1.807) is 12.4 Å². The van der Waals surface area contributed by atoms with Gasteiger partial charge in [-0.1, -0.05) is 6.92 Å². The lowest BCUT2D eigenvalue weighted by Crippen LogP contribution is -2.35. The quantitative estimate of drug-likeness (QED) is 0.723. The van der Waals surface area contributed by atoms with Crippen molar-refractivity contribution in [2.45, 2.75) is 45.7 Å². The van der Waals surface area contributed by atoms with Gasteiger partial charge in [0.1, 0.15) is 11.6 Å². The molecule has 26 heavy (non-hydrogen) atoms. The van der Waals surface area contributed by atoms with E-state index in [1.165, 1.54) is 11.3 Å². The minimum Gasteiger partial charge on any atom is -0.347 e. The molecular weight excluding hydrogens is 326 g/mol. The van der Waals surface area contributed by atoms with Gasteiger partial charge in [0.05, 0.1) is 6.54 Å². The van der Waals surface area contributed by atoms with Crippen LogP contribution in [0.1, 0.15) is 36.3 Å². The van der Waals surface area contributed by atoms with Gasteiger partial charge < -0.3 is 9.47 Å². The van der Waals surface area contributed by atoms with Gasteiger partial charge in [0, 0.05) is 48.7 Å². The van der Waals surface area contributed by atoms with Crippen molar-refractivity contribution in [2.75, 3.05) is 11.4 Å². The SMILES string of the molecule is CCc1nnc2n1CCN(c1nc(-c3ccncc3)nc3c1CCC3)C2. The van der Waals surface area contributed by atoms with Crippen molar-refractivity contribution in [1.82, 2.24) is 29.7 Å². The zero-order valence-corrected chi connectivity index (χ0v) is 14.9. The van der Waals surface area contributed by atoms with E-state index in [-0.39, 0.29) is 0 Å². The maximum atomic E-state index is 4.97. The average Bonchev–Trinajstić information content (AvgIpc) is 3.33. The molecule has 4 heterocycles. The molecule has 0 saturated heterocycles. The molecule has 132 valence electrons. The van der Waals surface area contributed by atoms with Crippen LogP contribution < -0.4 is 4.90 Å². The van der Waals surface area contributed by atoms with Crippen molar-refractivity contribution in [3.63, 3.8) is 0 Å². The maximum absolute atomic E-state index is 4.97. The fraction of sp³-hybridized carbons (Fsp3) is 0.421. The topological polar surface area (TPSA) is 72.6 Å². The Hall–Kier alpha value is -2.83. The Bertz CT molecular complexity index is 948. The van der Waals surface area contributed by atoms with Gasteiger partial charge in [-0.25, -0.2) is 9.97 Å². The lowest BCUT2D eigenvalue weighted by molar-refractivity contribution is 0.540. The largest absolute Gasteiger partial charge is 0.347 e. The van der Waals surface area contributed by atoms with Crippen LogP contribution >= 0.6 is 0 Å². The Morgan fingerprint density at radius 3 is 2.77 bits per heavy atom. The summed E-state index contributed by atoms with van der Waals surface area (Å²) in [5.41, 5.74) is 3.53. The molecule has 0 amide bonds. The second-order valence-corrected chi connectivity index (χ2v) is 6.84. The summed E-state index contributed by atoms with van der Waals surface area (Å²) in [7, 11) is 0. The number of fused-ring (bicyclic) bond motifs is 2. The smallest absolute Gasteiger partial charge is 0.161 e. The Morgan fingerprint density at radius 2 is 1.92 bits per heavy atom. The minimum absolute atomic E-state index is 0.756. The first-order valence-electron chi connectivity index (χ1n) is 9.29. The molecule has 1 aliphatic carbocycles. The number of hydrogen-bond donors (Lipinski definition) is 0. The summed E-state index contributed by atoms with van der Waals surface area (Å²) >= 11 is 0. The van der Waals surface area contributed by atoms with Gasteiger partial charge in [0.15, 0.2) is 11.6 Å². The molecule has 0 fully saturated rings. The van der Waals surface area contributed by atoms with Gasteiger partial charge in [0.2, 0.25) is 0 Å². The Labute approximate surface area is 152 Å².